The number of hydrogen-bond acceptors (Lipinski definition) is 2. The zero-order valence-corrected chi connectivity index (χ0v) is 9.81. The van der Waals surface area contributed by atoms with Crippen LogP contribution in [-0.2, 0) is 4.79 Å². The molecule has 1 heterocycles. The van der Waals surface area contributed by atoms with Crippen LogP contribution in [0.5, 0.6) is 0 Å². The van der Waals surface area contributed by atoms with Crippen LogP contribution < -0.4 is 10.6 Å². The maximum atomic E-state index is 12.1. The molecule has 1 aliphatic heterocycles. The minimum Gasteiger partial charge on any atom is -0.354 e. The maximum Gasteiger partial charge on any atom is 0.240 e. The van der Waals surface area contributed by atoms with Crippen LogP contribution in [0.4, 0.5) is 0 Å². The van der Waals surface area contributed by atoms with Crippen LogP contribution in [-0.4, -0.2) is 24.5 Å². The topological polar surface area (TPSA) is 41.1 Å². The first kappa shape index (κ1) is 10.9. The molecule has 1 amide bonds. The van der Waals surface area contributed by atoms with Crippen LogP contribution in [0.3, 0.4) is 0 Å². The minimum absolute atomic E-state index is 0.224. The zero-order valence-electron chi connectivity index (χ0n) is 9.81. The lowest BCUT2D eigenvalue weighted by Crippen LogP contribution is -2.53. The summed E-state index contributed by atoms with van der Waals surface area (Å²) in [7, 11) is 0. The van der Waals surface area contributed by atoms with E-state index < -0.39 is 0 Å². The maximum absolute atomic E-state index is 12.1. The molecule has 3 unspecified atom stereocenters. The van der Waals surface area contributed by atoms with Crippen molar-refractivity contribution >= 4 is 5.91 Å². The highest BCUT2D eigenvalue weighted by Crippen LogP contribution is 2.37. The van der Waals surface area contributed by atoms with Crippen molar-refractivity contribution in [3.05, 3.63) is 0 Å². The van der Waals surface area contributed by atoms with Crippen molar-refractivity contribution in [1.29, 1.82) is 0 Å². The van der Waals surface area contributed by atoms with E-state index in [0.717, 1.165) is 44.2 Å². The normalized spacial score (nSPS) is 39.1. The van der Waals surface area contributed by atoms with Crippen molar-refractivity contribution in [3.8, 4) is 0 Å². The van der Waals surface area contributed by atoms with Gasteiger partial charge in [0.1, 0.15) is 0 Å². The molecule has 2 N–H and O–H groups in total. The van der Waals surface area contributed by atoms with E-state index in [9.17, 15) is 4.79 Å². The van der Waals surface area contributed by atoms with Crippen molar-refractivity contribution in [2.24, 2.45) is 11.8 Å². The summed E-state index contributed by atoms with van der Waals surface area (Å²) in [5.41, 5.74) is -0.252. The fourth-order valence-electron chi connectivity index (χ4n) is 2.54. The Hall–Kier alpha value is -0.570. The lowest BCUT2D eigenvalue weighted by atomic mass is 9.93. The van der Waals surface area contributed by atoms with Gasteiger partial charge in [-0.3, -0.25) is 4.79 Å². The average molecular weight is 210 g/mol. The molecule has 3 heteroatoms. The van der Waals surface area contributed by atoms with Gasteiger partial charge in [-0.15, -0.1) is 0 Å². The molecule has 1 saturated heterocycles. The molecule has 0 radical (unpaired) electrons. The number of amides is 1. The van der Waals surface area contributed by atoms with Gasteiger partial charge in [0.05, 0.1) is 5.54 Å². The Balaban J connectivity index is 1.82. The van der Waals surface area contributed by atoms with Gasteiger partial charge in [0.15, 0.2) is 0 Å². The molecule has 1 aliphatic carbocycles. The Kier molecular flexibility index (Phi) is 3.01. The van der Waals surface area contributed by atoms with Crippen molar-refractivity contribution in [2.45, 2.75) is 45.1 Å². The van der Waals surface area contributed by atoms with E-state index in [0.29, 0.717) is 0 Å². The molecule has 3 nitrogen and oxygen atoms in total. The molecule has 1 saturated carbocycles. The highest BCUT2D eigenvalue weighted by Gasteiger charge is 2.40. The summed E-state index contributed by atoms with van der Waals surface area (Å²) in [4.78, 5) is 12.1. The monoisotopic (exact) mass is 210 g/mol. The molecule has 0 aromatic heterocycles. The molecule has 15 heavy (non-hydrogen) atoms. The van der Waals surface area contributed by atoms with Gasteiger partial charge >= 0.3 is 0 Å². The van der Waals surface area contributed by atoms with E-state index in [1.165, 1.54) is 6.42 Å². The first-order chi connectivity index (χ1) is 7.18. The van der Waals surface area contributed by atoms with E-state index in [1.54, 1.807) is 0 Å². The summed E-state index contributed by atoms with van der Waals surface area (Å²) >= 11 is 0. The van der Waals surface area contributed by atoms with Crippen LogP contribution in [0.2, 0.25) is 0 Å². The van der Waals surface area contributed by atoms with Gasteiger partial charge in [-0.25, -0.2) is 0 Å². The predicted molar refractivity (Wildman–Crippen MR) is 60.5 cm³/mol. The van der Waals surface area contributed by atoms with Crippen molar-refractivity contribution < 1.29 is 4.79 Å². The summed E-state index contributed by atoms with van der Waals surface area (Å²) in [6.07, 6.45) is 4.31. The first-order valence-corrected chi connectivity index (χ1v) is 6.21. The molecule has 86 valence electrons. The van der Waals surface area contributed by atoms with Crippen LogP contribution in [0.1, 0.15) is 39.5 Å². The van der Waals surface area contributed by atoms with Crippen molar-refractivity contribution in [2.75, 3.05) is 13.1 Å². The number of carbonyl (C=O) groups is 1. The van der Waals surface area contributed by atoms with E-state index in [4.69, 9.17) is 0 Å². The van der Waals surface area contributed by atoms with E-state index in [-0.39, 0.29) is 11.4 Å². The third kappa shape index (κ3) is 2.17. The van der Waals surface area contributed by atoms with E-state index in [1.807, 2.05) is 0 Å². The van der Waals surface area contributed by atoms with Gasteiger partial charge in [-0.2, -0.15) is 0 Å². The Bertz CT molecular complexity index is 246. The number of hydrogen-bond donors (Lipinski definition) is 2. The Morgan fingerprint density at radius 1 is 1.60 bits per heavy atom. The SMILES string of the molecule is CCC1(C(=O)NCC2CC2C)CCCN1. The standard InChI is InChI=1S/C12H22N2O/c1-3-12(5-4-6-14-12)11(15)13-8-10-7-9(10)2/h9-10,14H,3-8H2,1-2H3,(H,13,15). The quantitative estimate of drug-likeness (QED) is 0.734. The Morgan fingerprint density at radius 2 is 2.33 bits per heavy atom. The van der Waals surface area contributed by atoms with Gasteiger partial charge < -0.3 is 10.6 Å². The number of rotatable bonds is 4. The lowest BCUT2D eigenvalue weighted by molar-refractivity contribution is -0.127. The fourth-order valence-corrected chi connectivity index (χ4v) is 2.54. The molecule has 3 atom stereocenters. The Morgan fingerprint density at radius 3 is 2.80 bits per heavy atom. The molecular formula is C12H22N2O. The van der Waals surface area contributed by atoms with Crippen molar-refractivity contribution in [3.63, 3.8) is 0 Å². The van der Waals surface area contributed by atoms with Crippen molar-refractivity contribution in [1.82, 2.24) is 10.6 Å². The molecule has 0 aromatic rings. The second kappa shape index (κ2) is 4.12. The van der Waals surface area contributed by atoms with Gasteiger partial charge in [-0.05, 0) is 44.1 Å². The van der Waals surface area contributed by atoms with Crippen LogP contribution >= 0.6 is 0 Å². The molecule has 2 aliphatic rings. The number of nitrogens with one attached hydrogen (secondary N) is 2. The summed E-state index contributed by atoms with van der Waals surface area (Å²) in [6, 6.07) is 0. The molecular weight excluding hydrogens is 188 g/mol. The van der Waals surface area contributed by atoms with Gasteiger partial charge in [0.2, 0.25) is 5.91 Å². The molecule has 2 rings (SSSR count). The third-order valence-electron chi connectivity index (χ3n) is 4.08. The van der Waals surface area contributed by atoms with Crippen LogP contribution in [0.25, 0.3) is 0 Å². The summed E-state index contributed by atoms with van der Waals surface area (Å²) in [5, 5.41) is 6.47. The Labute approximate surface area is 92.0 Å². The van der Waals surface area contributed by atoms with Crippen LogP contribution in [0, 0.1) is 11.8 Å². The molecule has 0 bridgehead atoms. The van der Waals surface area contributed by atoms with Crippen LogP contribution in [0.15, 0.2) is 0 Å². The predicted octanol–water partition coefficient (Wildman–Crippen LogP) is 1.29. The largest absolute Gasteiger partial charge is 0.354 e. The summed E-state index contributed by atoms with van der Waals surface area (Å²) in [6.45, 7) is 6.21. The second-order valence-electron chi connectivity index (χ2n) is 5.15. The third-order valence-corrected chi connectivity index (χ3v) is 4.08. The highest BCUT2D eigenvalue weighted by molar-refractivity contribution is 5.86. The van der Waals surface area contributed by atoms with Gasteiger partial charge in [0, 0.05) is 6.54 Å². The van der Waals surface area contributed by atoms with E-state index >= 15 is 0 Å². The minimum atomic E-state index is -0.252. The summed E-state index contributed by atoms with van der Waals surface area (Å²) in [5.74, 6) is 1.78. The fraction of sp³-hybridized carbons (Fsp3) is 0.917. The zero-order chi connectivity index (χ0) is 10.9. The van der Waals surface area contributed by atoms with E-state index in [2.05, 4.69) is 24.5 Å². The first-order valence-electron chi connectivity index (χ1n) is 6.21. The average Bonchev–Trinajstić information content (AvgIpc) is 2.78. The molecule has 0 spiro atoms. The smallest absolute Gasteiger partial charge is 0.240 e. The van der Waals surface area contributed by atoms with Gasteiger partial charge in [-0.1, -0.05) is 13.8 Å². The van der Waals surface area contributed by atoms with Gasteiger partial charge in [0.25, 0.3) is 0 Å². The second-order valence-corrected chi connectivity index (χ2v) is 5.15. The summed E-state index contributed by atoms with van der Waals surface area (Å²) < 4.78 is 0. The molecule has 2 fully saturated rings. The number of carbonyl (C=O) groups excluding carboxylic acids is 1. The highest BCUT2D eigenvalue weighted by atomic mass is 16.2. The molecule has 0 aromatic carbocycles. The lowest BCUT2D eigenvalue weighted by Gasteiger charge is -2.26.